The van der Waals surface area contributed by atoms with Crippen molar-refractivity contribution in [3.63, 3.8) is 0 Å². The lowest BCUT2D eigenvalue weighted by Crippen LogP contribution is -2.35. The normalized spacial score (nSPS) is 17.7. The summed E-state index contributed by atoms with van der Waals surface area (Å²) < 4.78 is 11.1. The zero-order valence-corrected chi connectivity index (χ0v) is 16.7. The summed E-state index contributed by atoms with van der Waals surface area (Å²) in [5.41, 5.74) is 2.69. The molecule has 1 fully saturated rings. The quantitative estimate of drug-likeness (QED) is 0.845. The predicted molar refractivity (Wildman–Crippen MR) is 106 cm³/mol. The summed E-state index contributed by atoms with van der Waals surface area (Å²) in [6.45, 7) is 9.08. The van der Waals surface area contributed by atoms with E-state index >= 15 is 0 Å². The fourth-order valence-electron chi connectivity index (χ4n) is 3.63. The van der Waals surface area contributed by atoms with Crippen LogP contribution in [0.2, 0.25) is 0 Å². The van der Waals surface area contributed by atoms with Crippen LogP contribution in [0.1, 0.15) is 48.3 Å². The number of aromatic nitrogens is 2. The molecule has 0 saturated carbocycles. The van der Waals surface area contributed by atoms with Gasteiger partial charge in [0.05, 0.1) is 13.7 Å². The predicted octanol–water partition coefficient (Wildman–Crippen LogP) is 3.17. The van der Waals surface area contributed by atoms with Gasteiger partial charge in [-0.1, -0.05) is 6.07 Å². The van der Waals surface area contributed by atoms with Crippen LogP contribution in [0, 0.1) is 13.8 Å². The summed E-state index contributed by atoms with van der Waals surface area (Å²) >= 11 is 0. The molecule has 0 amide bonds. The van der Waals surface area contributed by atoms with Crippen molar-refractivity contribution >= 4 is 0 Å². The Morgan fingerprint density at radius 3 is 2.81 bits per heavy atom. The Morgan fingerprint density at radius 2 is 2.11 bits per heavy atom. The molecule has 1 atom stereocenters. The number of nitrogens with one attached hydrogen (secondary N) is 1. The number of likely N-dealkylation sites (tertiary alicyclic amines) is 1. The Kier molecular flexibility index (Phi) is 6.16. The van der Waals surface area contributed by atoms with Gasteiger partial charge in [-0.15, -0.1) is 0 Å². The van der Waals surface area contributed by atoms with Crippen LogP contribution in [-0.2, 0) is 6.54 Å². The summed E-state index contributed by atoms with van der Waals surface area (Å²) in [5.74, 6) is 2.62. The highest BCUT2D eigenvalue weighted by Gasteiger charge is 2.24. The van der Waals surface area contributed by atoms with Crippen molar-refractivity contribution in [2.45, 2.75) is 46.1 Å². The first-order chi connectivity index (χ1) is 13.0. The van der Waals surface area contributed by atoms with E-state index in [0.29, 0.717) is 12.2 Å². The van der Waals surface area contributed by atoms with E-state index in [9.17, 15) is 4.79 Å². The summed E-state index contributed by atoms with van der Waals surface area (Å²) in [7, 11) is 1.67. The molecule has 1 N–H and O–H groups in total. The second kappa shape index (κ2) is 8.57. The van der Waals surface area contributed by atoms with Crippen LogP contribution in [0.4, 0.5) is 0 Å². The minimum atomic E-state index is -0.0223. The van der Waals surface area contributed by atoms with Crippen LogP contribution in [0.3, 0.4) is 0 Å². The van der Waals surface area contributed by atoms with E-state index in [1.54, 1.807) is 7.11 Å². The lowest BCUT2D eigenvalue weighted by molar-refractivity contribution is 0.196. The molecule has 3 rings (SSSR count). The fraction of sp³-hybridized carbons (Fsp3) is 0.524. The number of benzene rings is 1. The number of aryl methyl sites for hydroxylation is 1. The number of methoxy groups -OCH3 is 1. The van der Waals surface area contributed by atoms with Gasteiger partial charge in [0.1, 0.15) is 5.82 Å². The average Bonchev–Trinajstić information content (AvgIpc) is 2.67. The lowest BCUT2D eigenvalue weighted by Gasteiger charge is -2.32. The molecule has 2 aromatic rings. The van der Waals surface area contributed by atoms with Gasteiger partial charge in [0.2, 0.25) is 0 Å². The number of aromatic amines is 1. The fourth-order valence-corrected chi connectivity index (χ4v) is 3.63. The van der Waals surface area contributed by atoms with E-state index in [1.807, 2.05) is 32.9 Å². The van der Waals surface area contributed by atoms with Crippen LogP contribution in [0.25, 0.3) is 0 Å². The molecule has 1 aliphatic heterocycles. The molecule has 6 heteroatoms. The van der Waals surface area contributed by atoms with Gasteiger partial charge in [0, 0.05) is 30.3 Å². The van der Waals surface area contributed by atoms with Crippen LogP contribution in [0.15, 0.2) is 23.0 Å². The number of nitrogens with zero attached hydrogens (tertiary/aromatic N) is 2. The number of piperidine rings is 1. The smallest absolute Gasteiger partial charge is 0.254 e. The topological polar surface area (TPSA) is 67.5 Å². The van der Waals surface area contributed by atoms with Crippen molar-refractivity contribution in [1.82, 2.24) is 14.9 Å². The Hall–Kier alpha value is -2.34. The van der Waals surface area contributed by atoms with E-state index in [2.05, 4.69) is 20.9 Å². The third-order valence-corrected chi connectivity index (χ3v) is 5.24. The molecule has 1 aromatic heterocycles. The number of H-pyrrole nitrogens is 1. The molecule has 1 aliphatic rings. The van der Waals surface area contributed by atoms with Crippen molar-refractivity contribution in [2.24, 2.45) is 0 Å². The number of hydrogen-bond acceptors (Lipinski definition) is 5. The second-order valence-corrected chi connectivity index (χ2v) is 7.15. The van der Waals surface area contributed by atoms with Gasteiger partial charge < -0.3 is 14.5 Å². The molecular formula is C21H29N3O3. The van der Waals surface area contributed by atoms with Gasteiger partial charge in [0.15, 0.2) is 11.5 Å². The third-order valence-electron chi connectivity index (χ3n) is 5.24. The first-order valence-electron chi connectivity index (χ1n) is 9.61. The van der Waals surface area contributed by atoms with E-state index in [0.717, 1.165) is 55.5 Å². The maximum atomic E-state index is 12.1. The molecule has 1 aromatic carbocycles. The van der Waals surface area contributed by atoms with Crippen LogP contribution >= 0.6 is 0 Å². The van der Waals surface area contributed by atoms with Gasteiger partial charge in [-0.25, -0.2) is 4.98 Å². The van der Waals surface area contributed by atoms with E-state index in [4.69, 9.17) is 9.47 Å². The molecule has 2 heterocycles. The molecule has 146 valence electrons. The Balaban J connectivity index is 1.72. The average molecular weight is 371 g/mol. The number of ether oxygens (including phenoxy) is 2. The minimum Gasteiger partial charge on any atom is -0.493 e. The highest BCUT2D eigenvalue weighted by atomic mass is 16.5. The SMILES string of the molecule is CCOc1ccc(CN2CCC[C@@H](c3nc(C)c(C)c(=O)[nH]3)C2)cc1OC. The summed E-state index contributed by atoms with van der Waals surface area (Å²) in [4.78, 5) is 22.1. The maximum Gasteiger partial charge on any atom is 0.254 e. The molecule has 6 nitrogen and oxygen atoms in total. The molecule has 1 saturated heterocycles. The van der Waals surface area contributed by atoms with Crippen LogP contribution < -0.4 is 15.0 Å². The third kappa shape index (κ3) is 4.50. The zero-order chi connectivity index (χ0) is 19.4. The molecular weight excluding hydrogens is 342 g/mol. The highest BCUT2D eigenvalue weighted by molar-refractivity contribution is 5.43. The molecule has 0 unspecified atom stereocenters. The zero-order valence-electron chi connectivity index (χ0n) is 16.7. The van der Waals surface area contributed by atoms with Crippen molar-refractivity contribution in [2.75, 3.05) is 26.8 Å². The maximum absolute atomic E-state index is 12.1. The van der Waals surface area contributed by atoms with Crippen LogP contribution in [0.5, 0.6) is 11.5 Å². The number of rotatable bonds is 6. The molecule has 0 bridgehead atoms. The van der Waals surface area contributed by atoms with Crippen molar-refractivity contribution in [1.29, 1.82) is 0 Å². The van der Waals surface area contributed by atoms with Crippen molar-refractivity contribution in [3.05, 3.63) is 51.2 Å². The van der Waals surface area contributed by atoms with Crippen LogP contribution in [-0.4, -0.2) is 41.7 Å². The molecule has 0 spiro atoms. The molecule has 27 heavy (non-hydrogen) atoms. The number of hydrogen-bond donors (Lipinski definition) is 1. The minimum absolute atomic E-state index is 0.0223. The first kappa shape index (κ1) is 19.4. The Morgan fingerprint density at radius 1 is 1.30 bits per heavy atom. The molecule has 0 aliphatic carbocycles. The largest absolute Gasteiger partial charge is 0.493 e. The van der Waals surface area contributed by atoms with Gasteiger partial charge in [0.25, 0.3) is 5.56 Å². The highest BCUT2D eigenvalue weighted by Crippen LogP contribution is 2.30. The Labute approximate surface area is 160 Å². The van der Waals surface area contributed by atoms with E-state index in [1.165, 1.54) is 5.56 Å². The summed E-state index contributed by atoms with van der Waals surface area (Å²) in [5, 5.41) is 0. The van der Waals surface area contributed by atoms with Gasteiger partial charge in [-0.2, -0.15) is 0 Å². The van der Waals surface area contributed by atoms with Crippen molar-refractivity contribution in [3.8, 4) is 11.5 Å². The van der Waals surface area contributed by atoms with Gasteiger partial charge in [-0.3, -0.25) is 9.69 Å². The Bertz CT molecular complexity index is 847. The van der Waals surface area contributed by atoms with E-state index in [-0.39, 0.29) is 11.5 Å². The molecule has 0 radical (unpaired) electrons. The first-order valence-corrected chi connectivity index (χ1v) is 9.61. The van der Waals surface area contributed by atoms with E-state index < -0.39 is 0 Å². The summed E-state index contributed by atoms with van der Waals surface area (Å²) in [6.07, 6.45) is 2.14. The monoisotopic (exact) mass is 371 g/mol. The lowest BCUT2D eigenvalue weighted by atomic mass is 9.96. The van der Waals surface area contributed by atoms with Gasteiger partial charge >= 0.3 is 0 Å². The summed E-state index contributed by atoms with van der Waals surface area (Å²) in [6, 6.07) is 6.11. The van der Waals surface area contributed by atoms with Gasteiger partial charge in [-0.05, 0) is 57.9 Å². The standard InChI is InChI=1S/C21H29N3O3/c1-5-27-18-9-8-16(11-19(18)26-4)12-24-10-6-7-17(13-24)20-22-15(3)14(2)21(25)23-20/h8-9,11,17H,5-7,10,12-13H2,1-4H3,(H,22,23,25)/t17-/m1/s1. The van der Waals surface area contributed by atoms with Crippen molar-refractivity contribution < 1.29 is 9.47 Å². The second-order valence-electron chi connectivity index (χ2n) is 7.15.